The van der Waals surface area contributed by atoms with Crippen molar-refractivity contribution >= 4 is 5.91 Å². The second-order valence-corrected chi connectivity index (χ2v) is 6.99. The molecular weight excluding hydrogens is 356 g/mol. The van der Waals surface area contributed by atoms with Gasteiger partial charge < -0.3 is 5.32 Å². The highest BCUT2D eigenvalue weighted by molar-refractivity contribution is 5.75. The molecule has 0 aliphatic rings. The van der Waals surface area contributed by atoms with Gasteiger partial charge in [0.25, 0.3) is 0 Å². The molecule has 0 fully saturated rings. The number of hydrogen-bond acceptors (Lipinski definition) is 6. The average Bonchev–Trinajstić information content (AvgIpc) is 3.32. The number of amides is 1. The van der Waals surface area contributed by atoms with Crippen LogP contribution < -0.4 is 5.32 Å². The van der Waals surface area contributed by atoms with Crippen LogP contribution in [0.3, 0.4) is 0 Å². The molecule has 3 aromatic rings. The van der Waals surface area contributed by atoms with Crippen molar-refractivity contribution in [2.45, 2.75) is 39.4 Å². The minimum absolute atomic E-state index is 0.109. The minimum atomic E-state index is -0.115. The van der Waals surface area contributed by atoms with Crippen LogP contribution in [0.15, 0.2) is 42.7 Å². The van der Waals surface area contributed by atoms with Crippen LogP contribution in [0.4, 0.5) is 0 Å². The van der Waals surface area contributed by atoms with Gasteiger partial charge in [-0.05, 0) is 55.4 Å². The SMILES string of the molecule is CC(C)N(C)Cc1nnnn1CC(=O)NCCc1cnn(-c2ccccc2)c1. The van der Waals surface area contributed by atoms with E-state index in [1.165, 1.54) is 0 Å². The topological polar surface area (TPSA) is 93.8 Å². The van der Waals surface area contributed by atoms with E-state index < -0.39 is 0 Å². The maximum Gasteiger partial charge on any atom is 0.241 e. The highest BCUT2D eigenvalue weighted by Crippen LogP contribution is 2.08. The van der Waals surface area contributed by atoms with Gasteiger partial charge in [-0.3, -0.25) is 9.69 Å². The second kappa shape index (κ2) is 9.23. The molecule has 2 aromatic heterocycles. The lowest BCUT2D eigenvalue weighted by molar-refractivity contribution is -0.121. The van der Waals surface area contributed by atoms with E-state index in [0.717, 1.165) is 11.3 Å². The number of benzene rings is 1. The molecule has 0 spiro atoms. The summed E-state index contributed by atoms with van der Waals surface area (Å²) in [5, 5.41) is 18.9. The Kier molecular flexibility index (Phi) is 6.49. The van der Waals surface area contributed by atoms with Crippen LogP contribution in [0.1, 0.15) is 25.2 Å². The molecule has 9 heteroatoms. The number of carbonyl (C=O) groups is 1. The van der Waals surface area contributed by atoms with E-state index in [9.17, 15) is 4.79 Å². The van der Waals surface area contributed by atoms with E-state index in [-0.39, 0.29) is 12.5 Å². The van der Waals surface area contributed by atoms with Crippen molar-refractivity contribution in [3.63, 3.8) is 0 Å². The number of aromatic nitrogens is 6. The molecule has 0 bridgehead atoms. The van der Waals surface area contributed by atoms with E-state index in [1.54, 1.807) is 4.68 Å². The molecule has 0 radical (unpaired) electrons. The van der Waals surface area contributed by atoms with Crippen LogP contribution in [0.5, 0.6) is 0 Å². The van der Waals surface area contributed by atoms with Gasteiger partial charge in [0.2, 0.25) is 5.91 Å². The number of nitrogens with one attached hydrogen (secondary N) is 1. The summed E-state index contributed by atoms with van der Waals surface area (Å²) in [6.45, 7) is 5.43. The number of para-hydroxylation sites is 1. The summed E-state index contributed by atoms with van der Waals surface area (Å²) in [5.74, 6) is 0.562. The first-order chi connectivity index (χ1) is 13.5. The Morgan fingerprint density at radius 2 is 2.04 bits per heavy atom. The largest absolute Gasteiger partial charge is 0.354 e. The standard InChI is InChI=1S/C19H26N8O/c1-15(2)25(3)13-18-22-23-24-27(18)14-19(28)20-10-9-16-11-21-26(12-16)17-7-5-4-6-8-17/h4-8,11-12,15H,9-10,13-14H2,1-3H3,(H,20,28). The van der Waals surface area contributed by atoms with Gasteiger partial charge in [-0.15, -0.1) is 5.10 Å². The smallest absolute Gasteiger partial charge is 0.241 e. The van der Waals surface area contributed by atoms with Gasteiger partial charge in [0.15, 0.2) is 5.82 Å². The first-order valence-corrected chi connectivity index (χ1v) is 9.34. The molecule has 9 nitrogen and oxygen atoms in total. The first-order valence-electron chi connectivity index (χ1n) is 9.34. The van der Waals surface area contributed by atoms with Gasteiger partial charge in [0.1, 0.15) is 6.54 Å². The summed E-state index contributed by atoms with van der Waals surface area (Å²) in [7, 11) is 2.00. The molecule has 0 unspecified atom stereocenters. The quantitative estimate of drug-likeness (QED) is 0.595. The van der Waals surface area contributed by atoms with E-state index in [1.807, 2.05) is 54.5 Å². The molecule has 0 saturated carbocycles. The molecule has 0 aliphatic heterocycles. The summed E-state index contributed by atoms with van der Waals surface area (Å²) in [5.41, 5.74) is 2.07. The minimum Gasteiger partial charge on any atom is -0.354 e. The van der Waals surface area contributed by atoms with Crippen LogP contribution in [0.2, 0.25) is 0 Å². The van der Waals surface area contributed by atoms with Crippen LogP contribution in [-0.4, -0.2) is 60.4 Å². The highest BCUT2D eigenvalue weighted by Gasteiger charge is 2.13. The van der Waals surface area contributed by atoms with Crippen molar-refractivity contribution in [3.05, 3.63) is 54.1 Å². The zero-order valence-electron chi connectivity index (χ0n) is 16.5. The van der Waals surface area contributed by atoms with E-state index >= 15 is 0 Å². The van der Waals surface area contributed by atoms with Crippen LogP contribution >= 0.6 is 0 Å². The van der Waals surface area contributed by atoms with Gasteiger partial charge in [0.05, 0.1) is 18.4 Å². The Labute approximate surface area is 164 Å². The summed E-state index contributed by atoms with van der Waals surface area (Å²) in [6, 6.07) is 10.3. The Morgan fingerprint density at radius 3 is 2.79 bits per heavy atom. The lowest BCUT2D eigenvalue weighted by atomic mass is 10.2. The second-order valence-electron chi connectivity index (χ2n) is 6.99. The van der Waals surface area contributed by atoms with E-state index in [4.69, 9.17) is 0 Å². The molecular formula is C19H26N8O. The maximum atomic E-state index is 12.2. The lowest BCUT2D eigenvalue weighted by Gasteiger charge is -2.19. The molecule has 1 N–H and O–H groups in total. The first kappa shape index (κ1) is 19.7. The summed E-state index contributed by atoms with van der Waals surface area (Å²) < 4.78 is 3.37. The fourth-order valence-corrected chi connectivity index (χ4v) is 2.61. The third-order valence-electron chi connectivity index (χ3n) is 4.56. The van der Waals surface area contributed by atoms with Crippen molar-refractivity contribution in [1.82, 2.24) is 40.2 Å². The number of nitrogens with zero attached hydrogens (tertiary/aromatic N) is 7. The van der Waals surface area contributed by atoms with Gasteiger partial charge in [-0.2, -0.15) is 5.10 Å². The number of hydrogen-bond donors (Lipinski definition) is 1. The molecule has 1 amide bonds. The number of rotatable bonds is 9. The molecule has 0 aliphatic carbocycles. The summed E-state index contributed by atoms with van der Waals surface area (Å²) in [4.78, 5) is 14.4. The van der Waals surface area contributed by atoms with Crippen LogP contribution in [-0.2, 0) is 24.3 Å². The van der Waals surface area contributed by atoms with Crippen molar-refractivity contribution < 1.29 is 4.79 Å². The zero-order valence-corrected chi connectivity index (χ0v) is 16.5. The van der Waals surface area contributed by atoms with Gasteiger partial charge in [0, 0.05) is 18.8 Å². The fourth-order valence-electron chi connectivity index (χ4n) is 2.61. The van der Waals surface area contributed by atoms with Gasteiger partial charge in [-0.1, -0.05) is 18.2 Å². The Balaban J connectivity index is 1.47. The van der Waals surface area contributed by atoms with E-state index in [0.29, 0.717) is 31.4 Å². The molecule has 148 valence electrons. The lowest BCUT2D eigenvalue weighted by Crippen LogP contribution is -2.32. The summed E-state index contributed by atoms with van der Waals surface area (Å²) >= 11 is 0. The maximum absolute atomic E-state index is 12.2. The van der Waals surface area contributed by atoms with Crippen molar-refractivity contribution in [3.8, 4) is 5.69 Å². The average molecular weight is 382 g/mol. The third-order valence-corrected chi connectivity index (χ3v) is 4.56. The van der Waals surface area contributed by atoms with Gasteiger partial charge >= 0.3 is 0 Å². The van der Waals surface area contributed by atoms with Crippen molar-refractivity contribution in [2.75, 3.05) is 13.6 Å². The fraction of sp³-hybridized carbons (Fsp3) is 0.421. The van der Waals surface area contributed by atoms with Crippen LogP contribution in [0.25, 0.3) is 5.69 Å². The zero-order chi connectivity index (χ0) is 19.9. The highest BCUT2D eigenvalue weighted by atomic mass is 16.2. The third kappa shape index (κ3) is 5.23. The normalized spacial score (nSPS) is 11.3. The van der Waals surface area contributed by atoms with Crippen LogP contribution in [0, 0.1) is 0 Å². The molecule has 3 rings (SSSR count). The van der Waals surface area contributed by atoms with E-state index in [2.05, 4.69) is 44.7 Å². The molecule has 2 heterocycles. The number of carbonyl (C=O) groups excluding carboxylic acids is 1. The molecule has 0 atom stereocenters. The number of tetrazole rings is 1. The molecule has 28 heavy (non-hydrogen) atoms. The summed E-state index contributed by atoms with van der Waals surface area (Å²) in [6.07, 6.45) is 4.50. The monoisotopic (exact) mass is 382 g/mol. The molecule has 0 saturated heterocycles. The Morgan fingerprint density at radius 1 is 1.25 bits per heavy atom. The molecule has 1 aromatic carbocycles. The predicted molar refractivity (Wildman–Crippen MR) is 105 cm³/mol. The Hall–Kier alpha value is -3.07. The Bertz CT molecular complexity index is 886. The van der Waals surface area contributed by atoms with Crippen molar-refractivity contribution in [2.24, 2.45) is 0 Å². The van der Waals surface area contributed by atoms with Crippen molar-refractivity contribution in [1.29, 1.82) is 0 Å². The van der Waals surface area contributed by atoms with Gasteiger partial charge in [-0.25, -0.2) is 9.36 Å². The predicted octanol–water partition coefficient (Wildman–Crippen LogP) is 1.06.